The third-order valence-corrected chi connectivity index (χ3v) is 3.40. The molecular formula is C22H39N3O5S. The van der Waals surface area contributed by atoms with Crippen LogP contribution in [0, 0.1) is 0 Å². The molecule has 1 N–H and O–H groups in total. The molecule has 0 bridgehead atoms. The average Bonchev–Trinajstić information content (AvgIpc) is 2.83. The number of benzene rings is 1. The van der Waals surface area contributed by atoms with Crippen LogP contribution in [0.25, 0.3) is 0 Å². The van der Waals surface area contributed by atoms with Crippen molar-refractivity contribution in [3.05, 3.63) is 35.7 Å². The summed E-state index contributed by atoms with van der Waals surface area (Å²) in [6, 6.07) is 5.39. The SMILES string of the molecule is C=N/C=C(/NCc1ccc(OC)cc1OC)C(=O)N(C)CC=O.CC.CCOC.CS. The van der Waals surface area contributed by atoms with Crippen molar-refractivity contribution in [3.8, 4) is 11.5 Å². The number of aliphatic imine (C=N–C) groups is 1. The van der Waals surface area contributed by atoms with Crippen molar-refractivity contribution in [2.45, 2.75) is 27.3 Å². The maximum absolute atomic E-state index is 12.2. The van der Waals surface area contributed by atoms with Gasteiger partial charge in [0.1, 0.15) is 23.5 Å². The summed E-state index contributed by atoms with van der Waals surface area (Å²) >= 11 is 3.53. The molecule has 0 atom stereocenters. The largest absolute Gasteiger partial charge is 0.497 e. The number of aldehydes is 1. The monoisotopic (exact) mass is 457 g/mol. The highest BCUT2D eigenvalue weighted by atomic mass is 32.1. The smallest absolute Gasteiger partial charge is 0.271 e. The molecule has 0 heterocycles. The van der Waals surface area contributed by atoms with Gasteiger partial charge in [-0.3, -0.25) is 9.79 Å². The van der Waals surface area contributed by atoms with E-state index in [0.29, 0.717) is 24.3 Å². The first-order valence-corrected chi connectivity index (χ1v) is 10.6. The number of nitrogens with zero attached hydrogens (tertiary/aromatic N) is 2. The Morgan fingerprint density at radius 2 is 1.81 bits per heavy atom. The number of amides is 1. The van der Waals surface area contributed by atoms with Crippen molar-refractivity contribution in [1.82, 2.24) is 10.2 Å². The molecule has 178 valence electrons. The lowest BCUT2D eigenvalue weighted by Gasteiger charge is -2.18. The third-order valence-electron chi connectivity index (χ3n) is 3.40. The summed E-state index contributed by atoms with van der Waals surface area (Å²) in [6.45, 7) is 10.5. The van der Waals surface area contributed by atoms with E-state index in [1.807, 2.05) is 26.8 Å². The van der Waals surface area contributed by atoms with Crippen LogP contribution in [0.5, 0.6) is 11.5 Å². The van der Waals surface area contributed by atoms with E-state index in [-0.39, 0.29) is 18.1 Å². The van der Waals surface area contributed by atoms with Gasteiger partial charge in [0.15, 0.2) is 0 Å². The third kappa shape index (κ3) is 15.0. The number of methoxy groups -OCH3 is 3. The molecule has 0 aliphatic carbocycles. The van der Waals surface area contributed by atoms with E-state index in [1.165, 1.54) is 18.1 Å². The molecule has 0 spiro atoms. The lowest BCUT2D eigenvalue weighted by Crippen LogP contribution is -2.34. The summed E-state index contributed by atoms with van der Waals surface area (Å²) in [7, 11) is 6.34. The molecule has 0 unspecified atom stereocenters. The first-order chi connectivity index (χ1) is 15.0. The van der Waals surface area contributed by atoms with Gasteiger partial charge in [-0.15, -0.1) is 0 Å². The molecule has 0 aliphatic rings. The number of ether oxygens (including phenoxy) is 3. The molecule has 1 aromatic carbocycles. The number of carbonyl (C=O) groups is 2. The van der Waals surface area contributed by atoms with E-state index in [1.54, 1.807) is 39.7 Å². The van der Waals surface area contributed by atoms with E-state index in [2.05, 4.69) is 34.4 Å². The molecule has 0 aromatic heterocycles. The molecule has 0 radical (unpaired) electrons. The van der Waals surface area contributed by atoms with Gasteiger partial charge in [0.2, 0.25) is 0 Å². The Balaban J connectivity index is -0.000000855. The fourth-order valence-electron chi connectivity index (χ4n) is 1.86. The van der Waals surface area contributed by atoms with Crippen LogP contribution >= 0.6 is 12.6 Å². The van der Waals surface area contributed by atoms with Crippen molar-refractivity contribution in [1.29, 1.82) is 0 Å². The number of rotatable bonds is 10. The van der Waals surface area contributed by atoms with Gasteiger partial charge in [-0.05, 0) is 32.0 Å². The lowest BCUT2D eigenvalue weighted by atomic mass is 10.2. The van der Waals surface area contributed by atoms with Gasteiger partial charge in [0.05, 0.1) is 27.0 Å². The predicted molar refractivity (Wildman–Crippen MR) is 132 cm³/mol. The first kappa shape index (κ1) is 33.1. The van der Waals surface area contributed by atoms with Gasteiger partial charge in [-0.25, -0.2) is 0 Å². The fourth-order valence-corrected chi connectivity index (χ4v) is 1.86. The number of likely N-dealkylation sites (N-methyl/N-ethyl adjacent to an activating group) is 1. The van der Waals surface area contributed by atoms with Crippen molar-refractivity contribution < 1.29 is 23.8 Å². The minimum atomic E-state index is -0.350. The maximum Gasteiger partial charge on any atom is 0.271 e. The maximum atomic E-state index is 12.2. The average molecular weight is 458 g/mol. The summed E-state index contributed by atoms with van der Waals surface area (Å²) in [5.41, 5.74) is 1.08. The fraction of sp³-hybridized carbons (Fsp3) is 0.500. The molecule has 8 nitrogen and oxygen atoms in total. The number of carbonyl (C=O) groups excluding carboxylic acids is 2. The number of hydrogen-bond donors (Lipinski definition) is 2. The summed E-state index contributed by atoms with van der Waals surface area (Å²) in [5, 5.41) is 2.99. The molecule has 0 saturated heterocycles. The van der Waals surface area contributed by atoms with E-state index >= 15 is 0 Å². The zero-order valence-electron chi connectivity index (χ0n) is 20.1. The second-order valence-corrected chi connectivity index (χ2v) is 5.19. The number of nitrogens with one attached hydrogen (secondary N) is 1. The van der Waals surface area contributed by atoms with Crippen molar-refractivity contribution in [2.24, 2.45) is 4.99 Å². The molecular weight excluding hydrogens is 418 g/mol. The first-order valence-electron chi connectivity index (χ1n) is 9.72. The van der Waals surface area contributed by atoms with Crippen LogP contribution in [0.15, 0.2) is 35.1 Å². The minimum Gasteiger partial charge on any atom is -0.497 e. The molecule has 1 rings (SSSR count). The van der Waals surface area contributed by atoms with Crippen LogP contribution < -0.4 is 14.8 Å². The lowest BCUT2D eigenvalue weighted by molar-refractivity contribution is -0.128. The Labute approximate surface area is 193 Å². The normalized spacial score (nSPS) is 9.26. The van der Waals surface area contributed by atoms with Gasteiger partial charge >= 0.3 is 0 Å². The van der Waals surface area contributed by atoms with E-state index in [9.17, 15) is 9.59 Å². The van der Waals surface area contributed by atoms with E-state index in [0.717, 1.165) is 12.2 Å². The molecule has 1 aromatic rings. The van der Waals surface area contributed by atoms with Gasteiger partial charge in [0, 0.05) is 38.9 Å². The van der Waals surface area contributed by atoms with E-state index < -0.39 is 0 Å². The summed E-state index contributed by atoms with van der Waals surface area (Å²) in [6.07, 6.45) is 3.67. The predicted octanol–water partition coefficient (Wildman–Crippen LogP) is 3.22. The van der Waals surface area contributed by atoms with Crippen LogP contribution in [0.3, 0.4) is 0 Å². The highest BCUT2D eigenvalue weighted by Crippen LogP contribution is 2.24. The zero-order valence-corrected chi connectivity index (χ0v) is 21.0. The highest BCUT2D eigenvalue weighted by Gasteiger charge is 2.15. The van der Waals surface area contributed by atoms with Crippen LogP contribution in [0.4, 0.5) is 0 Å². The van der Waals surface area contributed by atoms with Gasteiger partial charge in [0.25, 0.3) is 5.91 Å². The van der Waals surface area contributed by atoms with Crippen molar-refractivity contribution in [3.63, 3.8) is 0 Å². The van der Waals surface area contributed by atoms with Gasteiger partial charge < -0.3 is 29.2 Å². The van der Waals surface area contributed by atoms with Crippen LogP contribution in [0.2, 0.25) is 0 Å². The van der Waals surface area contributed by atoms with Crippen LogP contribution in [0.1, 0.15) is 26.3 Å². The Hall–Kier alpha value is -2.52. The molecule has 0 aliphatic heterocycles. The number of hydrogen-bond acceptors (Lipinski definition) is 8. The van der Waals surface area contributed by atoms with Crippen LogP contribution in [-0.4, -0.2) is 71.6 Å². The Kier molecular flexibility index (Phi) is 25.4. The quantitative estimate of drug-likeness (QED) is 0.243. The second kappa shape index (κ2) is 23.8. The Morgan fingerprint density at radius 1 is 1.23 bits per heavy atom. The molecule has 9 heteroatoms. The topological polar surface area (TPSA) is 89.5 Å². The Bertz CT molecular complexity index is 638. The molecule has 31 heavy (non-hydrogen) atoms. The standard InChI is InChI=1S/C16H21N3O4.C3H8O.C2H6.CH4S/c1-17-11-14(16(21)19(2)7-8-20)18-10-12-5-6-13(22-3)9-15(12)23-4;1-3-4-2;2*1-2/h5-6,8-9,11,18H,1,7,10H2,2-4H3;3H2,1-2H3;1-2H3;2H,1H3/b14-11+;;;. The van der Waals surface area contributed by atoms with E-state index in [4.69, 9.17) is 9.47 Å². The van der Waals surface area contributed by atoms with Gasteiger partial charge in [-0.2, -0.15) is 12.6 Å². The van der Waals surface area contributed by atoms with Crippen LogP contribution in [-0.2, 0) is 20.9 Å². The van der Waals surface area contributed by atoms with Crippen molar-refractivity contribution >= 4 is 31.5 Å². The van der Waals surface area contributed by atoms with Crippen molar-refractivity contribution in [2.75, 3.05) is 47.8 Å². The second-order valence-electron chi connectivity index (χ2n) is 5.19. The summed E-state index contributed by atoms with van der Waals surface area (Å²) < 4.78 is 15.0. The highest BCUT2D eigenvalue weighted by molar-refractivity contribution is 7.79. The molecule has 1 amide bonds. The Morgan fingerprint density at radius 3 is 2.23 bits per heavy atom. The van der Waals surface area contributed by atoms with Gasteiger partial charge in [-0.1, -0.05) is 13.8 Å². The molecule has 0 fully saturated rings. The summed E-state index contributed by atoms with van der Waals surface area (Å²) in [4.78, 5) is 27.6. The minimum absolute atomic E-state index is 0.000846. The zero-order chi connectivity index (χ0) is 24.7. The summed E-state index contributed by atoms with van der Waals surface area (Å²) in [5.74, 6) is 0.962. The molecule has 0 saturated carbocycles. The number of thiol groups is 1.